The van der Waals surface area contributed by atoms with Crippen LogP contribution in [0, 0.1) is 6.92 Å². The van der Waals surface area contributed by atoms with Crippen LogP contribution in [0.15, 0.2) is 70.2 Å². The van der Waals surface area contributed by atoms with Crippen molar-refractivity contribution in [2.75, 3.05) is 5.32 Å². The van der Waals surface area contributed by atoms with Crippen LogP contribution in [-0.2, 0) is 0 Å². The van der Waals surface area contributed by atoms with Crippen LogP contribution in [-0.4, -0.2) is 17.5 Å². The molecule has 0 aliphatic heterocycles. The van der Waals surface area contributed by atoms with Gasteiger partial charge in [-0.3, -0.25) is 9.59 Å². The number of nitrogens with zero attached hydrogens (tertiary/aromatic N) is 1. The van der Waals surface area contributed by atoms with Crippen molar-refractivity contribution in [3.05, 3.63) is 87.6 Å². The van der Waals surface area contributed by atoms with Gasteiger partial charge < -0.3 is 9.73 Å². The third-order valence-electron chi connectivity index (χ3n) is 4.59. The molecular weight excluding hydrogens is 434 g/mol. The molecule has 156 valence electrons. The second-order valence-corrected chi connectivity index (χ2v) is 8.25. The molecule has 0 fully saturated rings. The Hall–Kier alpha value is -3.42. The predicted molar refractivity (Wildman–Crippen MR) is 124 cm³/mol. The fourth-order valence-corrected chi connectivity index (χ4v) is 4.36. The number of hydrogen-bond acceptors (Lipinski definition) is 5. The highest BCUT2D eigenvalue weighted by molar-refractivity contribution is 7.21. The Kier molecular flexibility index (Phi) is 5.88. The van der Waals surface area contributed by atoms with Gasteiger partial charge in [-0.15, -0.1) is 11.3 Å². The summed E-state index contributed by atoms with van der Waals surface area (Å²) in [6.45, 7) is 3.56. The van der Waals surface area contributed by atoms with E-state index in [1.165, 1.54) is 11.3 Å². The molecule has 0 saturated heterocycles. The van der Waals surface area contributed by atoms with Gasteiger partial charge in [0.05, 0.1) is 10.7 Å². The standard InChI is InChI=1S/C23H18ClN3O3S/c1-13-7-12-18(30-13)22(28)25-16-10-8-15(9-11-16)14(2)26-27-23(29)21-20(24)17-5-3-4-6-19(17)31-21/h3-12H,1-2H3,(H,25,28)(H,27,29)/b26-14+. The smallest absolute Gasteiger partial charge is 0.291 e. The first-order chi connectivity index (χ1) is 14.9. The molecule has 0 bridgehead atoms. The first-order valence-electron chi connectivity index (χ1n) is 9.42. The second kappa shape index (κ2) is 8.75. The first kappa shape index (κ1) is 20.8. The molecule has 2 aromatic heterocycles. The Morgan fingerprint density at radius 1 is 1.00 bits per heavy atom. The zero-order valence-electron chi connectivity index (χ0n) is 16.7. The number of anilines is 1. The molecule has 2 amide bonds. The van der Waals surface area contributed by atoms with Crippen LogP contribution in [0.5, 0.6) is 0 Å². The molecule has 0 spiro atoms. The number of halogens is 1. The molecular formula is C23H18ClN3O3S. The van der Waals surface area contributed by atoms with E-state index in [0.29, 0.717) is 27.1 Å². The summed E-state index contributed by atoms with van der Waals surface area (Å²) in [5, 5.41) is 8.24. The van der Waals surface area contributed by atoms with Crippen molar-refractivity contribution in [1.29, 1.82) is 0 Å². The maximum Gasteiger partial charge on any atom is 0.291 e. The molecule has 0 atom stereocenters. The average molecular weight is 452 g/mol. The largest absolute Gasteiger partial charge is 0.456 e. The third kappa shape index (κ3) is 4.52. The Labute approximate surface area is 187 Å². The molecule has 4 aromatic rings. The molecule has 2 aromatic carbocycles. The summed E-state index contributed by atoms with van der Waals surface area (Å²) in [4.78, 5) is 25.1. The predicted octanol–water partition coefficient (Wildman–Crippen LogP) is 5.86. The highest BCUT2D eigenvalue weighted by Gasteiger charge is 2.16. The van der Waals surface area contributed by atoms with Gasteiger partial charge in [0.1, 0.15) is 10.6 Å². The number of aryl methyl sites for hydroxylation is 1. The minimum Gasteiger partial charge on any atom is -0.456 e. The Morgan fingerprint density at radius 3 is 2.42 bits per heavy atom. The van der Waals surface area contributed by atoms with E-state index in [1.54, 1.807) is 50.2 Å². The zero-order chi connectivity index (χ0) is 22.0. The third-order valence-corrected chi connectivity index (χ3v) is 6.27. The van der Waals surface area contributed by atoms with E-state index >= 15 is 0 Å². The maximum atomic E-state index is 12.5. The number of furan rings is 1. The highest BCUT2D eigenvalue weighted by Crippen LogP contribution is 2.34. The fraction of sp³-hybridized carbons (Fsp3) is 0.0870. The monoisotopic (exact) mass is 451 g/mol. The zero-order valence-corrected chi connectivity index (χ0v) is 18.3. The molecule has 6 nitrogen and oxygen atoms in total. The number of amides is 2. The van der Waals surface area contributed by atoms with E-state index < -0.39 is 0 Å². The molecule has 0 unspecified atom stereocenters. The van der Waals surface area contributed by atoms with Crippen LogP contribution in [0.3, 0.4) is 0 Å². The number of carbonyl (C=O) groups excluding carboxylic acids is 2. The summed E-state index contributed by atoms with van der Waals surface area (Å²) in [6, 6.07) is 18.1. The minimum atomic E-state index is -0.358. The van der Waals surface area contributed by atoms with Crippen LogP contribution in [0.4, 0.5) is 5.69 Å². The van der Waals surface area contributed by atoms with E-state index in [2.05, 4.69) is 15.8 Å². The molecule has 0 saturated carbocycles. The van der Waals surface area contributed by atoms with Crippen molar-refractivity contribution < 1.29 is 14.0 Å². The van der Waals surface area contributed by atoms with Gasteiger partial charge in [0, 0.05) is 15.8 Å². The Balaban J connectivity index is 1.42. The number of hydrazone groups is 1. The minimum absolute atomic E-state index is 0.252. The number of fused-ring (bicyclic) bond motifs is 1. The van der Waals surface area contributed by atoms with Gasteiger partial charge in [0.15, 0.2) is 5.76 Å². The molecule has 2 heterocycles. The quantitative estimate of drug-likeness (QED) is 0.294. The number of hydrogen-bond donors (Lipinski definition) is 2. The van der Waals surface area contributed by atoms with Gasteiger partial charge >= 0.3 is 0 Å². The van der Waals surface area contributed by atoms with E-state index in [4.69, 9.17) is 16.0 Å². The summed E-state index contributed by atoms with van der Waals surface area (Å²) in [5.41, 5.74) is 4.60. The molecule has 4 rings (SSSR count). The number of rotatable bonds is 5. The van der Waals surface area contributed by atoms with Crippen molar-refractivity contribution >= 4 is 56.2 Å². The maximum absolute atomic E-state index is 12.5. The van der Waals surface area contributed by atoms with Gasteiger partial charge in [-0.1, -0.05) is 41.9 Å². The van der Waals surface area contributed by atoms with E-state index in [-0.39, 0.29) is 17.6 Å². The first-order valence-corrected chi connectivity index (χ1v) is 10.6. The van der Waals surface area contributed by atoms with Gasteiger partial charge in [0.25, 0.3) is 11.8 Å². The van der Waals surface area contributed by atoms with Gasteiger partial charge in [-0.25, -0.2) is 5.43 Å². The number of thiophene rings is 1. The molecule has 31 heavy (non-hydrogen) atoms. The number of carbonyl (C=O) groups is 2. The van der Waals surface area contributed by atoms with Crippen molar-refractivity contribution in [2.45, 2.75) is 13.8 Å². The van der Waals surface area contributed by atoms with E-state index in [1.807, 2.05) is 24.3 Å². The fourth-order valence-electron chi connectivity index (χ4n) is 2.95. The van der Waals surface area contributed by atoms with Crippen LogP contribution in [0.25, 0.3) is 10.1 Å². The van der Waals surface area contributed by atoms with Gasteiger partial charge in [0.2, 0.25) is 0 Å². The topological polar surface area (TPSA) is 83.7 Å². The molecule has 0 aliphatic carbocycles. The normalized spacial score (nSPS) is 11.5. The van der Waals surface area contributed by atoms with Crippen molar-refractivity contribution in [2.24, 2.45) is 5.10 Å². The van der Waals surface area contributed by atoms with Crippen LogP contribution >= 0.6 is 22.9 Å². The SMILES string of the molecule is C/C(=N\NC(=O)c1sc2ccccc2c1Cl)c1ccc(NC(=O)c2ccc(C)o2)cc1. The Bertz CT molecular complexity index is 1310. The lowest BCUT2D eigenvalue weighted by Crippen LogP contribution is -2.18. The molecule has 2 N–H and O–H groups in total. The molecule has 0 aliphatic rings. The number of benzene rings is 2. The average Bonchev–Trinajstić information content (AvgIpc) is 3.36. The highest BCUT2D eigenvalue weighted by atomic mass is 35.5. The summed E-state index contributed by atoms with van der Waals surface area (Å²) in [6.07, 6.45) is 0. The van der Waals surface area contributed by atoms with Crippen LogP contribution < -0.4 is 10.7 Å². The van der Waals surface area contributed by atoms with E-state index in [9.17, 15) is 9.59 Å². The lowest BCUT2D eigenvalue weighted by Gasteiger charge is -2.06. The summed E-state index contributed by atoms with van der Waals surface area (Å²) in [7, 11) is 0. The van der Waals surface area contributed by atoms with Gasteiger partial charge in [-0.2, -0.15) is 5.10 Å². The Morgan fingerprint density at radius 2 is 1.74 bits per heavy atom. The van der Waals surface area contributed by atoms with Gasteiger partial charge in [-0.05, 0) is 49.7 Å². The van der Waals surface area contributed by atoms with Crippen LogP contribution in [0.1, 0.15) is 38.5 Å². The van der Waals surface area contributed by atoms with E-state index in [0.717, 1.165) is 15.6 Å². The van der Waals surface area contributed by atoms with Crippen LogP contribution in [0.2, 0.25) is 5.02 Å². The second-order valence-electron chi connectivity index (χ2n) is 6.82. The molecule has 0 radical (unpaired) electrons. The molecule has 8 heteroatoms. The lowest BCUT2D eigenvalue weighted by atomic mass is 10.1. The summed E-state index contributed by atoms with van der Waals surface area (Å²) < 4.78 is 6.26. The van der Waals surface area contributed by atoms with Crippen molar-refractivity contribution in [3.8, 4) is 0 Å². The summed E-state index contributed by atoms with van der Waals surface area (Å²) >= 11 is 7.67. The number of nitrogens with one attached hydrogen (secondary N) is 2. The van der Waals surface area contributed by atoms with Crippen molar-refractivity contribution in [1.82, 2.24) is 5.43 Å². The lowest BCUT2D eigenvalue weighted by molar-refractivity contribution is 0.0957. The summed E-state index contributed by atoms with van der Waals surface area (Å²) in [5.74, 6) is 0.245. The van der Waals surface area contributed by atoms with Crippen molar-refractivity contribution in [3.63, 3.8) is 0 Å².